The number of hydrogen-bond donors (Lipinski definition) is 1. The fourth-order valence-electron chi connectivity index (χ4n) is 3.51. The van der Waals surface area contributed by atoms with Crippen LogP contribution >= 0.6 is 0 Å². The monoisotopic (exact) mass is 318 g/mol. The highest BCUT2D eigenvalue weighted by Crippen LogP contribution is 2.17. The van der Waals surface area contributed by atoms with Crippen LogP contribution in [0.15, 0.2) is 30.3 Å². The second-order valence-electron chi connectivity index (χ2n) is 6.49. The number of carbonyl (C=O) groups is 1. The minimum absolute atomic E-state index is 0.101. The Morgan fingerprint density at radius 2 is 1.87 bits per heavy atom. The van der Waals surface area contributed by atoms with Gasteiger partial charge in [-0.15, -0.1) is 0 Å². The molecule has 0 saturated carbocycles. The normalized spacial score (nSPS) is 24.4. The minimum Gasteiger partial charge on any atom is -0.390 e. The van der Waals surface area contributed by atoms with Gasteiger partial charge in [-0.1, -0.05) is 30.3 Å². The summed E-state index contributed by atoms with van der Waals surface area (Å²) in [7, 11) is 0. The number of ether oxygens (including phenoxy) is 1. The van der Waals surface area contributed by atoms with Crippen molar-refractivity contribution >= 4 is 5.91 Å². The third-order valence-electron chi connectivity index (χ3n) is 4.79. The van der Waals surface area contributed by atoms with E-state index in [4.69, 9.17) is 4.74 Å². The van der Waals surface area contributed by atoms with Gasteiger partial charge >= 0.3 is 0 Å². The maximum Gasteiger partial charge on any atom is 0.227 e. The lowest BCUT2D eigenvalue weighted by molar-refractivity contribution is -0.131. The van der Waals surface area contributed by atoms with E-state index in [-0.39, 0.29) is 5.91 Å². The molecular formula is C18H26N2O3. The number of rotatable bonds is 3. The summed E-state index contributed by atoms with van der Waals surface area (Å²) in [5.41, 5.74) is 1.03. The van der Waals surface area contributed by atoms with Gasteiger partial charge in [0.2, 0.25) is 5.91 Å². The fraction of sp³-hybridized carbons (Fsp3) is 0.611. The highest BCUT2D eigenvalue weighted by atomic mass is 16.5. The van der Waals surface area contributed by atoms with Gasteiger partial charge in [-0.25, -0.2) is 0 Å². The summed E-state index contributed by atoms with van der Waals surface area (Å²) in [6.07, 6.45) is 1.97. The van der Waals surface area contributed by atoms with Gasteiger partial charge in [0, 0.05) is 45.4 Å². The molecule has 2 heterocycles. The first-order valence-corrected chi connectivity index (χ1v) is 8.54. The van der Waals surface area contributed by atoms with Crippen molar-refractivity contribution in [3.8, 4) is 0 Å². The lowest BCUT2D eigenvalue weighted by Crippen LogP contribution is -2.43. The molecule has 5 heteroatoms. The van der Waals surface area contributed by atoms with E-state index in [1.165, 1.54) is 0 Å². The van der Waals surface area contributed by atoms with Crippen molar-refractivity contribution in [1.82, 2.24) is 9.80 Å². The van der Waals surface area contributed by atoms with Gasteiger partial charge in [0.1, 0.15) is 0 Å². The molecule has 0 aromatic heterocycles. The molecule has 0 unspecified atom stereocenters. The van der Waals surface area contributed by atoms with E-state index < -0.39 is 6.10 Å². The maximum atomic E-state index is 12.5. The molecule has 0 radical (unpaired) electrons. The second kappa shape index (κ2) is 7.90. The molecule has 1 aromatic rings. The first kappa shape index (κ1) is 16.4. The van der Waals surface area contributed by atoms with Crippen LogP contribution in [0.25, 0.3) is 0 Å². The zero-order valence-corrected chi connectivity index (χ0v) is 13.6. The zero-order chi connectivity index (χ0) is 16.1. The molecule has 5 nitrogen and oxygen atoms in total. The first-order valence-electron chi connectivity index (χ1n) is 8.54. The fourth-order valence-corrected chi connectivity index (χ4v) is 3.51. The largest absolute Gasteiger partial charge is 0.390 e. The molecule has 2 aliphatic rings. The third-order valence-corrected chi connectivity index (χ3v) is 4.79. The van der Waals surface area contributed by atoms with Gasteiger partial charge in [-0.3, -0.25) is 9.69 Å². The van der Waals surface area contributed by atoms with Gasteiger partial charge in [0.15, 0.2) is 0 Å². The molecule has 1 N–H and O–H groups in total. The van der Waals surface area contributed by atoms with Gasteiger partial charge in [-0.05, 0) is 18.4 Å². The zero-order valence-electron chi connectivity index (χ0n) is 13.6. The van der Waals surface area contributed by atoms with E-state index in [1.54, 1.807) is 0 Å². The molecule has 2 fully saturated rings. The summed E-state index contributed by atoms with van der Waals surface area (Å²) in [5.74, 6) is 0.101. The Morgan fingerprint density at radius 1 is 1.13 bits per heavy atom. The lowest BCUT2D eigenvalue weighted by atomic mass is 10.1. The Kier molecular flexibility index (Phi) is 5.65. The van der Waals surface area contributed by atoms with E-state index in [2.05, 4.69) is 4.90 Å². The van der Waals surface area contributed by atoms with Crippen LogP contribution in [0.1, 0.15) is 18.4 Å². The second-order valence-corrected chi connectivity index (χ2v) is 6.49. The third kappa shape index (κ3) is 4.53. The van der Waals surface area contributed by atoms with Crippen LogP contribution in [0.2, 0.25) is 0 Å². The number of benzene rings is 1. The summed E-state index contributed by atoms with van der Waals surface area (Å²) in [5, 5.41) is 10.3. The molecule has 0 spiro atoms. The molecule has 1 aromatic carbocycles. The molecule has 1 atom stereocenters. The van der Waals surface area contributed by atoms with E-state index in [0.29, 0.717) is 32.1 Å². The average Bonchev–Trinajstić information content (AvgIpc) is 2.78. The summed E-state index contributed by atoms with van der Waals surface area (Å²) in [6.45, 7) is 4.22. The summed E-state index contributed by atoms with van der Waals surface area (Å²) in [6, 6.07) is 10.3. The standard InChI is InChI=1S/C18H26N2O3/c21-17-13-19(16-6-10-23-11-7-16)8-9-20(14-17)18(22)12-15-4-2-1-3-5-15/h1-5,16-17,21H,6-14H2/t17-/m0/s1. The van der Waals surface area contributed by atoms with E-state index in [9.17, 15) is 9.90 Å². The van der Waals surface area contributed by atoms with Crippen LogP contribution in [0, 0.1) is 0 Å². The van der Waals surface area contributed by atoms with Gasteiger partial charge in [0.25, 0.3) is 0 Å². The van der Waals surface area contributed by atoms with Crippen molar-refractivity contribution in [1.29, 1.82) is 0 Å². The predicted octanol–water partition coefficient (Wildman–Crippen LogP) is 0.913. The highest BCUT2D eigenvalue weighted by molar-refractivity contribution is 5.78. The minimum atomic E-state index is -0.472. The molecule has 3 rings (SSSR count). The van der Waals surface area contributed by atoms with Crippen LogP contribution in [-0.2, 0) is 16.0 Å². The summed E-state index contributed by atoms with van der Waals surface area (Å²) >= 11 is 0. The number of amides is 1. The van der Waals surface area contributed by atoms with Crippen molar-refractivity contribution in [3.63, 3.8) is 0 Å². The van der Waals surface area contributed by atoms with Crippen molar-refractivity contribution in [2.75, 3.05) is 39.4 Å². The lowest BCUT2D eigenvalue weighted by Gasteiger charge is -2.33. The van der Waals surface area contributed by atoms with Gasteiger partial charge in [0.05, 0.1) is 12.5 Å². The van der Waals surface area contributed by atoms with E-state index >= 15 is 0 Å². The Hall–Kier alpha value is -1.43. The summed E-state index contributed by atoms with van der Waals surface area (Å²) < 4.78 is 5.42. The number of β-amino-alcohol motifs (C(OH)–C–C–N with tert-alkyl or cyclic N) is 1. The highest BCUT2D eigenvalue weighted by Gasteiger charge is 2.29. The van der Waals surface area contributed by atoms with Gasteiger partial charge in [-0.2, -0.15) is 0 Å². The topological polar surface area (TPSA) is 53.0 Å². The van der Waals surface area contributed by atoms with Crippen molar-refractivity contribution < 1.29 is 14.6 Å². The average molecular weight is 318 g/mol. The molecular weight excluding hydrogens is 292 g/mol. The summed E-state index contributed by atoms with van der Waals surface area (Å²) in [4.78, 5) is 16.7. The van der Waals surface area contributed by atoms with Crippen LogP contribution in [-0.4, -0.2) is 72.4 Å². The number of aliphatic hydroxyl groups excluding tert-OH is 1. The predicted molar refractivity (Wildman–Crippen MR) is 88.1 cm³/mol. The molecule has 1 amide bonds. The first-order chi connectivity index (χ1) is 11.2. The van der Waals surface area contributed by atoms with Crippen LogP contribution in [0.4, 0.5) is 0 Å². The number of nitrogens with zero attached hydrogens (tertiary/aromatic N) is 2. The Labute approximate surface area is 137 Å². The van der Waals surface area contributed by atoms with Crippen molar-refractivity contribution in [3.05, 3.63) is 35.9 Å². The van der Waals surface area contributed by atoms with Crippen LogP contribution < -0.4 is 0 Å². The quantitative estimate of drug-likeness (QED) is 0.900. The smallest absolute Gasteiger partial charge is 0.227 e. The molecule has 2 saturated heterocycles. The van der Waals surface area contributed by atoms with E-state index in [0.717, 1.165) is 38.2 Å². The Balaban J connectivity index is 1.58. The molecule has 23 heavy (non-hydrogen) atoms. The molecule has 126 valence electrons. The van der Waals surface area contributed by atoms with Gasteiger partial charge < -0.3 is 14.7 Å². The van der Waals surface area contributed by atoms with Crippen LogP contribution in [0.3, 0.4) is 0 Å². The van der Waals surface area contributed by atoms with E-state index in [1.807, 2.05) is 35.2 Å². The van der Waals surface area contributed by atoms with Crippen molar-refractivity contribution in [2.45, 2.75) is 31.4 Å². The molecule has 2 aliphatic heterocycles. The Bertz CT molecular complexity index is 502. The molecule has 0 bridgehead atoms. The number of hydrogen-bond acceptors (Lipinski definition) is 4. The number of aliphatic hydroxyl groups is 1. The SMILES string of the molecule is O=C(Cc1ccccc1)N1CCN(C2CCOCC2)C[C@H](O)C1. The molecule has 0 aliphatic carbocycles. The maximum absolute atomic E-state index is 12.5. The van der Waals surface area contributed by atoms with Crippen molar-refractivity contribution in [2.24, 2.45) is 0 Å². The Morgan fingerprint density at radius 3 is 2.61 bits per heavy atom. The van der Waals surface area contributed by atoms with Crippen LogP contribution in [0.5, 0.6) is 0 Å². The number of carbonyl (C=O) groups excluding carboxylic acids is 1.